The van der Waals surface area contributed by atoms with Crippen molar-refractivity contribution in [1.82, 2.24) is 15.0 Å². The fraction of sp³-hybridized carbons (Fsp3) is 0.200. The quantitative estimate of drug-likeness (QED) is 0.802. The van der Waals surface area contributed by atoms with E-state index in [1.165, 1.54) is 10.8 Å². The first kappa shape index (κ1) is 13.3. The first-order valence-electron chi connectivity index (χ1n) is 6.36. The Hall–Kier alpha value is -1.72. The van der Waals surface area contributed by atoms with Crippen molar-refractivity contribution in [2.75, 3.05) is 0 Å². The van der Waals surface area contributed by atoms with E-state index in [0.717, 1.165) is 5.56 Å². The number of hydrogen-bond acceptors (Lipinski definition) is 3. The maximum atomic E-state index is 10.4. The van der Waals surface area contributed by atoms with E-state index in [-0.39, 0.29) is 0 Å². The molecule has 0 bridgehead atoms. The SMILES string of the molecule is Cn1nnc(Br)c1C(O)Cc1ccc2ccccc2c1. The maximum Gasteiger partial charge on any atom is 0.154 e. The monoisotopic (exact) mass is 331 g/mol. The van der Waals surface area contributed by atoms with E-state index in [1.807, 2.05) is 18.2 Å². The summed E-state index contributed by atoms with van der Waals surface area (Å²) >= 11 is 3.32. The summed E-state index contributed by atoms with van der Waals surface area (Å²) in [6.07, 6.45) is -0.101. The molecule has 3 rings (SSSR count). The van der Waals surface area contributed by atoms with Crippen molar-refractivity contribution in [2.45, 2.75) is 12.5 Å². The molecule has 4 nitrogen and oxygen atoms in total. The van der Waals surface area contributed by atoms with Crippen LogP contribution in [0.15, 0.2) is 47.1 Å². The van der Waals surface area contributed by atoms with Crippen molar-refractivity contribution in [3.63, 3.8) is 0 Å². The van der Waals surface area contributed by atoms with E-state index < -0.39 is 6.10 Å². The average Bonchev–Trinajstić information content (AvgIpc) is 2.78. The lowest BCUT2D eigenvalue weighted by molar-refractivity contribution is 0.168. The Morgan fingerprint density at radius 2 is 1.95 bits per heavy atom. The Morgan fingerprint density at radius 1 is 1.20 bits per heavy atom. The van der Waals surface area contributed by atoms with Crippen LogP contribution in [0, 0.1) is 0 Å². The summed E-state index contributed by atoms with van der Waals surface area (Å²) in [5.74, 6) is 0. The molecule has 1 aromatic heterocycles. The molecular weight excluding hydrogens is 318 g/mol. The first-order valence-corrected chi connectivity index (χ1v) is 7.15. The van der Waals surface area contributed by atoms with Crippen molar-refractivity contribution in [1.29, 1.82) is 0 Å². The fourth-order valence-corrected chi connectivity index (χ4v) is 2.97. The summed E-state index contributed by atoms with van der Waals surface area (Å²) in [5, 5.41) is 20.5. The van der Waals surface area contributed by atoms with E-state index in [9.17, 15) is 5.11 Å². The summed E-state index contributed by atoms with van der Waals surface area (Å²) in [6, 6.07) is 14.4. The fourth-order valence-electron chi connectivity index (χ4n) is 2.38. The smallest absolute Gasteiger partial charge is 0.154 e. The predicted molar refractivity (Wildman–Crippen MR) is 81.3 cm³/mol. The molecule has 0 saturated carbocycles. The second kappa shape index (κ2) is 5.34. The number of benzene rings is 2. The highest BCUT2D eigenvalue weighted by Crippen LogP contribution is 2.25. The van der Waals surface area contributed by atoms with Crippen LogP contribution in [-0.2, 0) is 13.5 Å². The highest BCUT2D eigenvalue weighted by Gasteiger charge is 2.18. The van der Waals surface area contributed by atoms with Crippen LogP contribution in [-0.4, -0.2) is 20.1 Å². The molecule has 1 unspecified atom stereocenters. The minimum absolute atomic E-state index is 0.532. The number of halogens is 1. The molecule has 1 atom stereocenters. The number of nitrogens with zero attached hydrogens (tertiary/aromatic N) is 3. The van der Waals surface area contributed by atoms with Crippen LogP contribution >= 0.6 is 15.9 Å². The zero-order valence-electron chi connectivity index (χ0n) is 11.0. The standard InChI is InChI=1S/C15H14BrN3O/c1-19-14(15(16)17-18-19)13(20)9-10-6-7-11-4-2-3-5-12(11)8-10/h2-8,13,20H,9H2,1H3. The van der Waals surface area contributed by atoms with Crippen LogP contribution in [0.2, 0.25) is 0 Å². The lowest BCUT2D eigenvalue weighted by Crippen LogP contribution is -2.08. The summed E-state index contributed by atoms with van der Waals surface area (Å²) in [6.45, 7) is 0. The zero-order chi connectivity index (χ0) is 14.1. The Labute approximate surface area is 125 Å². The molecule has 102 valence electrons. The molecule has 0 radical (unpaired) electrons. The number of fused-ring (bicyclic) bond motifs is 1. The van der Waals surface area contributed by atoms with Crippen LogP contribution < -0.4 is 0 Å². The van der Waals surface area contributed by atoms with Crippen molar-refractivity contribution in [3.05, 3.63) is 58.3 Å². The molecule has 1 heterocycles. The number of aliphatic hydroxyl groups excluding tert-OH is 1. The number of hydrogen-bond donors (Lipinski definition) is 1. The molecule has 0 aliphatic carbocycles. The van der Waals surface area contributed by atoms with Crippen LogP contribution in [0.25, 0.3) is 10.8 Å². The normalized spacial score (nSPS) is 12.8. The van der Waals surface area contributed by atoms with Gasteiger partial charge < -0.3 is 5.11 Å². The third kappa shape index (κ3) is 2.46. The van der Waals surface area contributed by atoms with E-state index in [4.69, 9.17) is 0 Å². The largest absolute Gasteiger partial charge is 0.386 e. The predicted octanol–water partition coefficient (Wildman–Crippen LogP) is 3.01. The van der Waals surface area contributed by atoms with Gasteiger partial charge in [0.1, 0.15) is 11.8 Å². The van der Waals surface area contributed by atoms with E-state index >= 15 is 0 Å². The average molecular weight is 332 g/mol. The third-order valence-electron chi connectivity index (χ3n) is 3.39. The van der Waals surface area contributed by atoms with Gasteiger partial charge in [-0.15, -0.1) is 5.10 Å². The number of aliphatic hydroxyl groups is 1. The van der Waals surface area contributed by atoms with Gasteiger partial charge >= 0.3 is 0 Å². The van der Waals surface area contributed by atoms with Crippen LogP contribution in [0.3, 0.4) is 0 Å². The Morgan fingerprint density at radius 3 is 2.65 bits per heavy atom. The van der Waals surface area contributed by atoms with Gasteiger partial charge in [-0.2, -0.15) is 0 Å². The van der Waals surface area contributed by atoms with E-state index in [0.29, 0.717) is 16.7 Å². The molecule has 1 N–H and O–H groups in total. The van der Waals surface area contributed by atoms with Crippen LogP contribution in [0.1, 0.15) is 17.4 Å². The Bertz CT molecular complexity index is 734. The molecule has 5 heteroatoms. The van der Waals surface area contributed by atoms with Crippen molar-refractivity contribution in [2.24, 2.45) is 7.05 Å². The van der Waals surface area contributed by atoms with Gasteiger partial charge in [0.15, 0.2) is 4.60 Å². The van der Waals surface area contributed by atoms with Gasteiger partial charge in [-0.25, -0.2) is 4.68 Å². The topological polar surface area (TPSA) is 50.9 Å². The van der Waals surface area contributed by atoms with Gasteiger partial charge in [-0.1, -0.05) is 47.7 Å². The summed E-state index contributed by atoms with van der Waals surface area (Å²) in [4.78, 5) is 0. The zero-order valence-corrected chi connectivity index (χ0v) is 12.6. The minimum atomic E-state index is -0.634. The van der Waals surface area contributed by atoms with Crippen LogP contribution in [0.5, 0.6) is 0 Å². The molecule has 3 aromatic rings. The molecule has 0 aliphatic rings. The van der Waals surface area contributed by atoms with Crippen LogP contribution in [0.4, 0.5) is 0 Å². The van der Waals surface area contributed by atoms with Gasteiger partial charge in [-0.05, 0) is 32.3 Å². The number of aryl methyl sites for hydroxylation is 1. The maximum absolute atomic E-state index is 10.4. The van der Waals surface area contributed by atoms with Crippen molar-refractivity contribution in [3.8, 4) is 0 Å². The summed E-state index contributed by atoms with van der Waals surface area (Å²) in [7, 11) is 1.77. The van der Waals surface area contributed by atoms with Gasteiger partial charge in [-0.3, -0.25) is 0 Å². The Balaban J connectivity index is 1.89. The molecular formula is C15H14BrN3O. The van der Waals surface area contributed by atoms with Gasteiger partial charge in [0.05, 0.1) is 0 Å². The lowest BCUT2D eigenvalue weighted by atomic mass is 10.0. The molecule has 0 fully saturated rings. The third-order valence-corrected chi connectivity index (χ3v) is 3.95. The summed E-state index contributed by atoms with van der Waals surface area (Å²) < 4.78 is 2.18. The number of aromatic nitrogens is 3. The van der Waals surface area contributed by atoms with Gasteiger partial charge in [0.2, 0.25) is 0 Å². The lowest BCUT2D eigenvalue weighted by Gasteiger charge is -2.11. The van der Waals surface area contributed by atoms with Crippen molar-refractivity contribution < 1.29 is 5.11 Å². The number of rotatable bonds is 3. The highest BCUT2D eigenvalue weighted by molar-refractivity contribution is 9.10. The van der Waals surface area contributed by atoms with Gasteiger partial charge in [0.25, 0.3) is 0 Å². The molecule has 0 aliphatic heterocycles. The molecule has 0 amide bonds. The molecule has 0 saturated heterocycles. The second-order valence-corrected chi connectivity index (χ2v) is 5.54. The molecule has 2 aromatic carbocycles. The Kier molecular flexibility index (Phi) is 3.54. The molecule has 20 heavy (non-hydrogen) atoms. The van der Waals surface area contributed by atoms with Gasteiger partial charge in [0, 0.05) is 13.5 Å². The molecule has 0 spiro atoms. The highest BCUT2D eigenvalue weighted by atomic mass is 79.9. The minimum Gasteiger partial charge on any atom is -0.386 e. The van der Waals surface area contributed by atoms with E-state index in [1.54, 1.807) is 11.7 Å². The summed E-state index contributed by atoms with van der Waals surface area (Å²) in [5.41, 5.74) is 1.78. The van der Waals surface area contributed by atoms with E-state index in [2.05, 4.69) is 50.5 Å². The first-order chi connectivity index (χ1) is 9.65. The van der Waals surface area contributed by atoms with Crippen molar-refractivity contribution >= 4 is 26.7 Å². The second-order valence-electron chi connectivity index (χ2n) is 4.79.